The molecule has 1 aromatic carbocycles. The maximum atomic E-state index is 10.9. The molecule has 1 aliphatic rings. The zero-order valence-electron chi connectivity index (χ0n) is 9.60. The van der Waals surface area contributed by atoms with Crippen molar-refractivity contribution in [2.75, 3.05) is 0 Å². The molecule has 0 spiro atoms. The van der Waals surface area contributed by atoms with Crippen molar-refractivity contribution in [2.24, 2.45) is 4.99 Å². The summed E-state index contributed by atoms with van der Waals surface area (Å²) < 4.78 is 0. The maximum Gasteiger partial charge on any atom is 0.340 e. The summed E-state index contributed by atoms with van der Waals surface area (Å²) >= 11 is 0. The fraction of sp³-hybridized carbons (Fsp3) is 0.231. The van der Waals surface area contributed by atoms with E-state index in [1.807, 2.05) is 36.4 Å². The molecule has 0 radical (unpaired) electrons. The number of benzene rings is 1. The summed E-state index contributed by atoms with van der Waals surface area (Å²) in [5, 5.41) is 8.99. The molecular weight excluding hydrogens is 213 g/mol. The summed E-state index contributed by atoms with van der Waals surface area (Å²) in [5.74, 6) is -0.897. The number of aliphatic carboxylic acids is 1. The van der Waals surface area contributed by atoms with E-state index in [1.165, 1.54) is 0 Å². The highest BCUT2D eigenvalue weighted by Gasteiger charge is 2.14. The van der Waals surface area contributed by atoms with Gasteiger partial charge in [0.1, 0.15) is 0 Å². The number of carbonyl (C=O) groups is 1. The Morgan fingerprint density at radius 1 is 1.35 bits per heavy atom. The molecular formula is C13H14BNO2. The first-order valence-electron chi connectivity index (χ1n) is 5.79. The van der Waals surface area contributed by atoms with Crippen LogP contribution in [0.15, 0.2) is 47.1 Å². The molecule has 86 valence electrons. The third-order valence-electron chi connectivity index (χ3n) is 2.75. The molecule has 0 amide bonds. The second-order valence-electron chi connectivity index (χ2n) is 4.11. The molecule has 17 heavy (non-hydrogen) atoms. The van der Waals surface area contributed by atoms with Gasteiger partial charge in [0.15, 0.2) is 7.28 Å². The molecule has 0 fully saturated rings. The largest absolute Gasteiger partial charge is 0.477 e. The summed E-state index contributed by atoms with van der Waals surface area (Å²) in [6, 6.07) is 9.99. The van der Waals surface area contributed by atoms with E-state index >= 15 is 0 Å². The average molecular weight is 227 g/mol. The zero-order valence-corrected chi connectivity index (χ0v) is 9.60. The van der Waals surface area contributed by atoms with E-state index in [2.05, 4.69) is 4.99 Å². The third kappa shape index (κ3) is 3.31. The lowest BCUT2D eigenvalue weighted by molar-refractivity contribution is -0.129. The molecule has 0 saturated heterocycles. The summed E-state index contributed by atoms with van der Waals surface area (Å²) in [4.78, 5) is 15.2. The third-order valence-corrected chi connectivity index (χ3v) is 2.75. The summed E-state index contributed by atoms with van der Waals surface area (Å²) in [7, 11) is 0.560. The number of hydrogen-bond donors (Lipinski definition) is 1. The van der Waals surface area contributed by atoms with Gasteiger partial charge in [0, 0.05) is 12.1 Å². The number of hydrogen-bond acceptors (Lipinski definition) is 2. The van der Waals surface area contributed by atoms with Gasteiger partial charge in [-0.25, -0.2) is 4.79 Å². The molecule has 1 aromatic rings. The number of rotatable bonds is 3. The van der Waals surface area contributed by atoms with Crippen LogP contribution >= 0.6 is 0 Å². The highest BCUT2D eigenvalue weighted by atomic mass is 16.4. The van der Waals surface area contributed by atoms with Gasteiger partial charge in [0.2, 0.25) is 0 Å². The lowest BCUT2D eigenvalue weighted by Gasteiger charge is -2.02. The minimum absolute atomic E-state index is 0.282. The van der Waals surface area contributed by atoms with Gasteiger partial charge in [0.05, 0.1) is 5.61 Å². The Hall–Kier alpha value is -1.84. The first-order chi connectivity index (χ1) is 8.25. The first kappa shape index (κ1) is 11.6. The SMILES string of the molecule is O=C(O)C1=NC(Cc2ccccc2)=CCCB1. The van der Waals surface area contributed by atoms with Crippen molar-refractivity contribution in [2.45, 2.75) is 19.2 Å². The molecule has 0 aliphatic carbocycles. The molecule has 4 heteroatoms. The van der Waals surface area contributed by atoms with Gasteiger partial charge in [-0.1, -0.05) is 42.7 Å². The Bertz CT molecular complexity index is 466. The van der Waals surface area contributed by atoms with Crippen molar-refractivity contribution >= 4 is 18.9 Å². The predicted octanol–water partition coefficient (Wildman–Crippen LogP) is 1.85. The van der Waals surface area contributed by atoms with Crippen LogP contribution < -0.4 is 0 Å². The topological polar surface area (TPSA) is 49.7 Å². The predicted molar refractivity (Wildman–Crippen MR) is 69.9 cm³/mol. The molecule has 1 heterocycles. The molecule has 0 saturated carbocycles. The highest BCUT2D eigenvalue weighted by Crippen LogP contribution is 2.13. The van der Waals surface area contributed by atoms with Crippen LogP contribution in [0.5, 0.6) is 0 Å². The molecule has 0 unspecified atom stereocenters. The highest BCUT2D eigenvalue weighted by molar-refractivity contribution is 6.88. The first-order valence-corrected chi connectivity index (χ1v) is 5.79. The zero-order chi connectivity index (χ0) is 12.1. The Morgan fingerprint density at radius 2 is 2.12 bits per heavy atom. The minimum Gasteiger partial charge on any atom is -0.477 e. The van der Waals surface area contributed by atoms with Crippen LogP contribution in [0, 0.1) is 0 Å². The van der Waals surface area contributed by atoms with Gasteiger partial charge in [-0.15, -0.1) is 0 Å². The van der Waals surface area contributed by atoms with E-state index in [9.17, 15) is 4.79 Å². The lowest BCUT2D eigenvalue weighted by Crippen LogP contribution is -2.19. The van der Waals surface area contributed by atoms with Gasteiger partial charge < -0.3 is 5.11 Å². The van der Waals surface area contributed by atoms with E-state index in [0.29, 0.717) is 13.7 Å². The standard InChI is InChI=1S/C13H14BNO2/c16-13(17)12-14-8-4-7-11(15-12)9-10-5-2-1-3-6-10/h1-3,5-7,14H,4,8-9H2,(H,16,17). The Kier molecular flexibility index (Phi) is 3.75. The van der Waals surface area contributed by atoms with Gasteiger partial charge in [0.25, 0.3) is 0 Å². The smallest absolute Gasteiger partial charge is 0.340 e. The Morgan fingerprint density at radius 3 is 2.82 bits per heavy atom. The number of aliphatic imine (C=N–C) groups is 1. The number of carboxylic acid groups (broad SMARTS) is 1. The van der Waals surface area contributed by atoms with E-state index in [1.54, 1.807) is 0 Å². The van der Waals surface area contributed by atoms with Crippen LogP contribution in [0.4, 0.5) is 0 Å². The Labute approximate surface area is 101 Å². The molecule has 1 N–H and O–H groups in total. The Balaban J connectivity index is 2.16. The molecule has 0 bridgehead atoms. The van der Waals surface area contributed by atoms with Crippen molar-refractivity contribution in [3.05, 3.63) is 47.7 Å². The quantitative estimate of drug-likeness (QED) is 0.801. The lowest BCUT2D eigenvalue weighted by atomic mass is 9.68. The second kappa shape index (κ2) is 5.48. The van der Waals surface area contributed by atoms with Gasteiger partial charge in [-0.05, 0) is 12.0 Å². The van der Waals surface area contributed by atoms with Crippen molar-refractivity contribution in [1.82, 2.24) is 0 Å². The summed E-state index contributed by atoms with van der Waals surface area (Å²) in [6.45, 7) is 0. The maximum absolute atomic E-state index is 10.9. The summed E-state index contributed by atoms with van der Waals surface area (Å²) in [5.41, 5.74) is 2.31. The van der Waals surface area contributed by atoms with Gasteiger partial charge >= 0.3 is 5.97 Å². The molecule has 0 atom stereocenters. The number of nitrogens with zero attached hydrogens (tertiary/aromatic N) is 1. The van der Waals surface area contributed by atoms with Crippen LogP contribution in [-0.2, 0) is 11.2 Å². The van der Waals surface area contributed by atoms with E-state index in [0.717, 1.165) is 24.0 Å². The van der Waals surface area contributed by atoms with Gasteiger partial charge in [-0.2, -0.15) is 0 Å². The second-order valence-corrected chi connectivity index (χ2v) is 4.11. The number of carboxylic acids is 1. The molecule has 1 aliphatic heterocycles. The van der Waals surface area contributed by atoms with Crippen LogP contribution in [0.2, 0.25) is 6.32 Å². The number of allylic oxidation sites excluding steroid dienone is 2. The van der Waals surface area contributed by atoms with Crippen LogP contribution in [0.25, 0.3) is 0 Å². The van der Waals surface area contributed by atoms with E-state index in [-0.39, 0.29) is 5.61 Å². The van der Waals surface area contributed by atoms with Crippen molar-refractivity contribution in [3.63, 3.8) is 0 Å². The molecule has 3 nitrogen and oxygen atoms in total. The van der Waals surface area contributed by atoms with Crippen LogP contribution in [0.3, 0.4) is 0 Å². The van der Waals surface area contributed by atoms with Crippen LogP contribution in [-0.4, -0.2) is 24.0 Å². The monoisotopic (exact) mass is 227 g/mol. The molecule has 0 aromatic heterocycles. The van der Waals surface area contributed by atoms with Crippen LogP contribution in [0.1, 0.15) is 12.0 Å². The van der Waals surface area contributed by atoms with Crippen molar-refractivity contribution < 1.29 is 9.90 Å². The average Bonchev–Trinajstić information content (AvgIpc) is 2.56. The fourth-order valence-electron chi connectivity index (χ4n) is 1.88. The summed E-state index contributed by atoms with van der Waals surface area (Å²) in [6.07, 6.45) is 4.52. The van der Waals surface area contributed by atoms with E-state index in [4.69, 9.17) is 5.11 Å². The van der Waals surface area contributed by atoms with E-state index < -0.39 is 5.97 Å². The normalized spacial score (nSPS) is 15.3. The minimum atomic E-state index is -0.897. The molecule has 2 rings (SSSR count). The van der Waals surface area contributed by atoms with Crippen molar-refractivity contribution in [3.8, 4) is 0 Å². The van der Waals surface area contributed by atoms with Crippen molar-refractivity contribution in [1.29, 1.82) is 0 Å². The fourth-order valence-corrected chi connectivity index (χ4v) is 1.88. The van der Waals surface area contributed by atoms with Gasteiger partial charge in [-0.3, -0.25) is 4.99 Å².